The third-order valence-electron chi connectivity index (χ3n) is 2.70. The molecule has 1 unspecified atom stereocenters. The van der Waals surface area contributed by atoms with E-state index in [0.717, 1.165) is 25.9 Å². The zero-order valence-corrected chi connectivity index (χ0v) is 12.6. The van der Waals surface area contributed by atoms with Gasteiger partial charge in [-0.3, -0.25) is 4.79 Å². The number of ether oxygens (including phenoxy) is 3. The molecule has 0 amide bonds. The van der Waals surface area contributed by atoms with Crippen LogP contribution in [-0.2, 0) is 19.0 Å². The van der Waals surface area contributed by atoms with Crippen LogP contribution in [0.4, 0.5) is 0 Å². The molecule has 0 aliphatic heterocycles. The van der Waals surface area contributed by atoms with Gasteiger partial charge in [-0.2, -0.15) is 0 Å². The Bertz CT molecular complexity index is 231. The second kappa shape index (κ2) is 11.2. The van der Waals surface area contributed by atoms with E-state index in [2.05, 4.69) is 6.92 Å². The second-order valence-electron chi connectivity index (χ2n) is 4.82. The zero-order chi connectivity index (χ0) is 14.6. The van der Waals surface area contributed by atoms with E-state index in [1.807, 2.05) is 0 Å². The Morgan fingerprint density at radius 3 is 2.26 bits per heavy atom. The molecule has 0 rings (SSSR count). The van der Waals surface area contributed by atoms with E-state index in [1.54, 1.807) is 13.8 Å². The van der Waals surface area contributed by atoms with Gasteiger partial charge in [0.1, 0.15) is 5.54 Å². The normalized spacial score (nSPS) is 14.1. The lowest BCUT2D eigenvalue weighted by Crippen LogP contribution is -2.46. The van der Waals surface area contributed by atoms with Gasteiger partial charge in [-0.05, 0) is 39.5 Å². The summed E-state index contributed by atoms with van der Waals surface area (Å²) in [6.07, 6.45) is 3.38. The fourth-order valence-corrected chi connectivity index (χ4v) is 1.56. The molecule has 0 aliphatic carbocycles. The maximum Gasteiger partial charge on any atom is 0.325 e. The summed E-state index contributed by atoms with van der Waals surface area (Å²) in [7, 11) is 0. The fraction of sp³-hybridized carbons (Fsp3) is 0.929. The first-order valence-electron chi connectivity index (χ1n) is 7.16. The summed E-state index contributed by atoms with van der Waals surface area (Å²) in [6, 6.07) is 0. The first-order chi connectivity index (χ1) is 9.04. The van der Waals surface area contributed by atoms with E-state index in [4.69, 9.17) is 19.9 Å². The second-order valence-corrected chi connectivity index (χ2v) is 4.82. The van der Waals surface area contributed by atoms with E-state index >= 15 is 0 Å². The molecule has 0 saturated carbocycles. The minimum atomic E-state index is -0.889. The highest BCUT2D eigenvalue weighted by Gasteiger charge is 2.28. The van der Waals surface area contributed by atoms with Crippen LogP contribution in [0, 0.1) is 0 Å². The maximum absolute atomic E-state index is 11.5. The van der Waals surface area contributed by atoms with Crippen molar-refractivity contribution in [1.82, 2.24) is 0 Å². The smallest absolute Gasteiger partial charge is 0.325 e. The van der Waals surface area contributed by atoms with Crippen LogP contribution < -0.4 is 5.73 Å². The summed E-state index contributed by atoms with van der Waals surface area (Å²) in [6.45, 7) is 8.67. The van der Waals surface area contributed by atoms with Crippen molar-refractivity contribution < 1.29 is 19.0 Å². The number of carbonyl (C=O) groups excluding carboxylic acids is 1. The van der Waals surface area contributed by atoms with Gasteiger partial charge in [0.2, 0.25) is 0 Å². The van der Waals surface area contributed by atoms with Crippen LogP contribution in [0.15, 0.2) is 0 Å². The minimum absolute atomic E-state index is 0.330. The molecule has 0 aromatic carbocycles. The highest BCUT2D eigenvalue weighted by molar-refractivity contribution is 5.79. The van der Waals surface area contributed by atoms with Crippen LogP contribution in [0.3, 0.4) is 0 Å². The number of carbonyl (C=O) groups is 1. The lowest BCUT2D eigenvalue weighted by molar-refractivity contribution is -0.149. The van der Waals surface area contributed by atoms with Gasteiger partial charge in [0.15, 0.2) is 0 Å². The predicted molar refractivity (Wildman–Crippen MR) is 75.0 cm³/mol. The molecule has 19 heavy (non-hydrogen) atoms. The Balaban J connectivity index is 3.45. The van der Waals surface area contributed by atoms with Crippen LogP contribution >= 0.6 is 0 Å². The van der Waals surface area contributed by atoms with Gasteiger partial charge in [-0.15, -0.1) is 0 Å². The molecule has 2 N–H and O–H groups in total. The summed E-state index contributed by atoms with van der Waals surface area (Å²) in [5.41, 5.74) is 5.02. The number of nitrogens with two attached hydrogens (primary N) is 1. The van der Waals surface area contributed by atoms with Crippen LogP contribution in [0.25, 0.3) is 0 Å². The Labute approximate surface area is 116 Å². The lowest BCUT2D eigenvalue weighted by Gasteiger charge is -2.21. The van der Waals surface area contributed by atoms with Crippen molar-refractivity contribution in [3.8, 4) is 0 Å². The molecule has 0 aliphatic rings. The summed E-state index contributed by atoms with van der Waals surface area (Å²) in [5, 5.41) is 0. The maximum atomic E-state index is 11.5. The first-order valence-corrected chi connectivity index (χ1v) is 7.16. The molecular weight excluding hydrogens is 246 g/mol. The third kappa shape index (κ3) is 9.87. The average Bonchev–Trinajstić information content (AvgIpc) is 2.37. The van der Waals surface area contributed by atoms with Crippen LogP contribution in [-0.4, -0.2) is 44.5 Å². The fourth-order valence-electron chi connectivity index (χ4n) is 1.56. The number of rotatable bonds is 12. The molecule has 0 radical (unpaired) electrons. The molecule has 0 fully saturated rings. The molecule has 5 nitrogen and oxygen atoms in total. The van der Waals surface area contributed by atoms with Gasteiger partial charge in [0.05, 0.1) is 19.8 Å². The van der Waals surface area contributed by atoms with Gasteiger partial charge in [-0.25, -0.2) is 0 Å². The van der Waals surface area contributed by atoms with Crippen LogP contribution in [0.1, 0.15) is 46.5 Å². The largest absolute Gasteiger partial charge is 0.465 e. The SMILES string of the molecule is CCCOCCOCCCCC(C)(N)C(=O)OCC. The molecule has 0 heterocycles. The van der Waals surface area contributed by atoms with E-state index in [0.29, 0.717) is 32.8 Å². The number of hydrogen-bond donors (Lipinski definition) is 1. The van der Waals surface area contributed by atoms with Crippen LogP contribution in [0.2, 0.25) is 0 Å². The molecule has 0 spiro atoms. The topological polar surface area (TPSA) is 70.8 Å². The Morgan fingerprint density at radius 2 is 1.68 bits per heavy atom. The molecule has 1 atom stereocenters. The Hall–Kier alpha value is -0.650. The van der Waals surface area contributed by atoms with Crippen molar-refractivity contribution in [2.24, 2.45) is 5.73 Å². The van der Waals surface area contributed by atoms with Crippen molar-refractivity contribution in [1.29, 1.82) is 0 Å². The van der Waals surface area contributed by atoms with Crippen molar-refractivity contribution in [3.05, 3.63) is 0 Å². The molecular formula is C14H29NO4. The number of unbranched alkanes of at least 4 members (excludes halogenated alkanes) is 1. The quantitative estimate of drug-likeness (QED) is 0.435. The summed E-state index contributed by atoms with van der Waals surface area (Å²) >= 11 is 0. The van der Waals surface area contributed by atoms with E-state index < -0.39 is 5.54 Å². The highest BCUT2D eigenvalue weighted by atomic mass is 16.5. The predicted octanol–water partition coefficient (Wildman–Crippen LogP) is 1.88. The van der Waals surface area contributed by atoms with Gasteiger partial charge in [-0.1, -0.05) is 6.92 Å². The zero-order valence-electron chi connectivity index (χ0n) is 12.6. The number of esters is 1. The third-order valence-corrected chi connectivity index (χ3v) is 2.70. The van der Waals surface area contributed by atoms with Gasteiger partial charge in [0, 0.05) is 13.2 Å². The van der Waals surface area contributed by atoms with Crippen LogP contribution in [0.5, 0.6) is 0 Å². The average molecular weight is 275 g/mol. The Morgan fingerprint density at radius 1 is 1.05 bits per heavy atom. The van der Waals surface area contributed by atoms with E-state index in [9.17, 15) is 4.79 Å². The van der Waals surface area contributed by atoms with Gasteiger partial charge in [0.25, 0.3) is 0 Å². The molecule has 114 valence electrons. The first kappa shape index (κ1) is 18.4. The van der Waals surface area contributed by atoms with E-state index in [-0.39, 0.29) is 5.97 Å². The lowest BCUT2D eigenvalue weighted by atomic mass is 9.96. The minimum Gasteiger partial charge on any atom is -0.465 e. The van der Waals surface area contributed by atoms with Crippen molar-refractivity contribution >= 4 is 5.97 Å². The Kier molecular flexibility index (Phi) is 10.8. The molecule has 5 heteroatoms. The van der Waals surface area contributed by atoms with Gasteiger partial charge >= 0.3 is 5.97 Å². The summed E-state index contributed by atoms with van der Waals surface area (Å²) in [4.78, 5) is 11.5. The van der Waals surface area contributed by atoms with Crippen molar-refractivity contribution in [3.63, 3.8) is 0 Å². The monoisotopic (exact) mass is 275 g/mol. The van der Waals surface area contributed by atoms with Crippen molar-refractivity contribution in [2.45, 2.75) is 52.0 Å². The molecule has 0 aromatic rings. The summed E-state index contributed by atoms with van der Waals surface area (Å²) in [5.74, 6) is -0.330. The number of hydrogen-bond acceptors (Lipinski definition) is 5. The molecule has 0 saturated heterocycles. The molecule has 0 aromatic heterocycles. The standard InChI is InChI=1S/C14H29NO4/c1-4-9-17-11-12-18-10-7-6-8-14(3,15)13(16)19-5-2/h4-12,15H2,1-3H3. The van der Waals surface area contributed by atoms with Gasteiger partial charge < -0.3 is 19.9 Å². The highest BCUT2D eigenvalue weighted by Crippen LogP contribution is 2.12. The van der Waals surface area contributed by atoms with Crippen molar-refractivity contribution in [2.75, 3.05) is 33.0 Å². The molecule has 0 bridgehead atoms. The summed E-state index contributed by atoms with van der Waals surface area (Å²) < 4.78 is 15.6. The van der Waals surface area contributed by atoms with E-state index in [1.165, 1.54) is 0 Å².